The smallest absolute Gasteiger partial charge is 0.335 e. The monoisotopic (exact) mass is 380 g/mol. The van der Waals surface area contributed by atoms with E-state index in [2.05, 4.69) is 10.6 Å². The fourth-order valence-corrected chi connectivity index (χ4v) is 3.05. The molecule has 0 aliphatic heterocycles. The van der Waals surface area contributed by atoms with Crippen molar-refractivity contribution in [2.75, 3.05) is 5.32 Å². The van der Waals surface area contributed by atoms with Crippen molar-refractivity contribution in [1.82, 2.24) is 5.32 Å². The predicted molar refractivity (Wildman–Crippen MR) is 103 cm³/mol. The van der Waals surface area contributed by atoms with E-state index in [1.54, 1.807) is 60.0 Å². The third kappa shape index (κ3) is 4.59. The SMILES string of the molecule is O=C(O)c1ccc(NC(NC(=O)c2cccs2)C(=O)c2ccccc2)cc1. The average Bonchev–Trinajstić information content (AvgIpc) is 3.23. The highest BCUT2D eigenvalue weighted by molar-refractivity contribution is 7.12. The van der Waals surface area contributed by atoms with Crippen LogP contribution in [0.15, 0.2) is 72.1 Å². The van der Waals surface area contributed by atoms with Crippen LogP contribution in [0.25, 0.3) is 0 Å². The summed E-state index contributed by atoms with van der Waals surface area (Å²) in [4.78, 5) is 36.7. The summed E-state index contributed by atoms with van der Waals surface area (Å²) in [6.07, 6.45) is -1.00. The lowest BCUT2D eigenvalue weighted by Gasteiger charge is -2.20. The number of hydrogen-bond acceptors (Lipinski definition) is 5. The van der Waals surface area contributed by atoms with Gasteiger partial charge in [-0.2, -0.15) is 0 Å². The summed E-state index contributed by atoms with van der Waals surface area (Å²) in [6, 6.07) is 18.0. The Morgan fingerprint density at radius 2 is 1.56 bits per heavy atom. The molecule has 0 saturated carbocycles. The van der Waals surface area contributed by atoms with Crippen molar-refractivity contribution in [2.45, 2.75) is 6.17 Å². The van der Waals surface area contributed by atoms with Crippen LogP contribution in [-0.4, -0.2) is 28.9 Å². The molecule has 1 atom stereocenters. The number of rotatable bonds is 7. The number of carboxylic acid groups (broad SMARTS) is 1. The lowest BCUT2D eigenvalue weighted by atomic mass is 10.1. The maximum absolute atomic E-state index is 12.9. The summed E-state index contributed by atoms with van der Waals surface area (Å²) in [5.74, 6) is -1.71. The topological polar surface area (TPSA) is 95.5 Å². The van der Waals surface area contributed by atoms with E-state index in [1.807, 2.05) is 0 Å². The first-order valence-corrected chi connectivity index (χ1v) is 8.96. The number of thiophene rings is 1. The minimum atomic E-state index is -1.04. The Morgan fingerprint density at radius 1 is 0.852 bits per heavy atom. The van der Waals surface area contributed by atoms with Crippen LogP contribution >= 0.6 is 11.3 Å². The Morgan fingerprint density at radius 3 is 2.15 bits per heavy atom. The lowest BCUT2D eigenvalue weighted by Crippen LogP contribution is -2.46. The van der Waals surface area contributed by atoms with Crippen molar-refractivity contribution in [1.29, 1.82) is 0 Å². The maximum Gasteiger partial charge on any atom is 0.335 e. The molecule has 3 aromatic rings. The second kappa shape index (κ2) is 8.29. The van der Waals surface area contributed by atoms with Gasteiger partial charge in [0.1, 0.15) is 0 Å². The van der Waals surface area contributed by atoms with Gasteiger partial charge in [-0.05, 0) is 35.7 Å². The van der Waals surface area contributed by atoms with E-state index >= 15 is 0 Å². The zero-order valence-corrected chi connectivity index (χ0v) is 14.9. The second-order valence-electron chi connectivity index (χ2n) is 5.64. The van der Waals surface area contributed by atoms with Crippen LogP contribution in [0.5, 0.6) is 0 Å². The van der Waals surface area contributed by atoms with Gasteiger partial charge in [-0.15, -0.1) is 11.3 Å². The highest BCUT2D eigenvalue weighted by atomic mass is 32.1. The fraction of sp³-hybridized carbons (Fsp3) is 0.0500. The van der Waals surface area contributed by atoms with E-state index in [4.69, 9.17) is 5.11 Å². The molecule has 0 aliphatic rings. The molecule has 0 radical (unpaired) electrons. The van der Waals surface area contributed by atoms with Gasteiger partial charge >= 0.3 is 5.97 Å². The predicted octanol–water partition coefficient (Wildman–Crippen LogP) is 3.50. The molecule has 27 heavy (non-hydrogen) atoms. The Kier molecular flexibility index (Phi) is 5.63. The summed E-state index contributed by atoms with van der Waals surface area (Å²) in [5, 5.41) is 16.4. The van der Waals surface area contributed by atoms with Crippen LogP contribution in [0.4, 0.5) is 5.69 Å². The van der Waals surface area contributed by atoms with Crippen molar-refractivity contribution in [3.8, 4) is 0 Å². The molecule has 1 amide bonds. The highest BCUT2D eigenvalue weighted by Gasteiger charge is 2.23. The third-order valence-electron chi connectivity index (χ3n) is 3.78. The normalized spacial score (nSPS) is 11.4. The van der Waals surface area contributed by atoms with Crippen molar-refractivity contribution < 1.29 is 19.5 Å². The summed E-state index contributed by atoms with van der Waals surface area (Å²) >= 11 is 1.28. The largest absolute Gasteiger partial charge is 0.478 e. The molecular formula is C20H16N2O4S. The van der Waals surface area contributed by atoms with Crippen LogP contribution in [-0.2, 0) is 0 Å². The molecule has 3 N–H and O–H groups in total. The number of carbonyl (C=O) groups is 3. The number of Topliss-reactive ketones (excluding diaryl/α,β-unsaturated/α-hetero) is 1. The van der Waals surface area contributed by atoms with Crippen molar-refractivity contribution in [3.05, 3.63) is 88.1 Å². The molecule has 0 fully saturated rings. The highest BCUT2D eigenvalue weighted by Crippen LogP contribution is 2.14. The minimum absolute atomic E-state index is 0.133. The van der Waals surface area contributed by atoms with Crippen LogP contribution in [0, 0.1) is 0 Å². The van der Waals surface area contributed by atoms with Gasteiger partial charge in [0.05, 0.1) is 10.4 Å². The third-order valence-corrected chi connectivity index (χ3v) is 4.65. The standard InChI is InChI=1S/C20H16N2O4S/c23-17(13-5-2-1-3-6-13)18(22-19(24)16-7-4-12-27-16)21-15-10-8-14(9-11-15)20(25)26/h1-12,18,21H,(H,22,24)(H,25,26). The van der Waals surface area contributed by atoms with Crippen molar-refractivity contribution in [3.63, 3.8) is 0 Å². The molecule has 7 heteroatoms. The average molecular weight is 380 g/mol. The maximum atomic E-state index is 12.9. The molecule has 3 rings (SSSR count). The van der Waals surface area contributed by atoms with Crippen LogP contribution < -0.4 is 10.6 Å². The number of aromatic carboxylic acids is 1. The van der Waals surface area contributed by atoms with Gasteiger partial charge < -0.3 is 15.7 Å². The number of benzene rings is 2. The number of carbonyl (C=O) groups excluding carboxylic acids is 2. The molecule has 2 aromatic carbocycles. The van der Waals surface area contributed by atoms with E-state index in [0.717, 1.165) is 0 Å². The molecule has 0 spiro atoms. The summed E-state index contributed by atoms with van der Waals surface area (Å²) in [6.45, 7) is 0. The number of carboxylic acids is 1. The van der Waals surface area contributed by atoms with E-state index in [0.29, 0.717) is 16.1 Å². The second-order valence-corrected chi connectivity index (χ2v) is 6.59. The molecular weight excluding hydrogens is 364 g/mol. The number of ketones is 1. The molecule has 0 bridgehead atoms. The van der Waals surface area contributed by atoms with E-state index < -0.39 is 12.1 Å². The van der Waals surface area contributed by atoms with Crippen LogP contribution in [0.1, 0.15) is 30.4 Å². The van der Waals surface area contributed by atoms with Gasteiger partial charge in [0, 0.05) is 11.3 Å². The first-order chi connectivity index (χ1) is 13.0. The quantitative estimate of drug-likeness (QED) is 0.431. The van der Waals surface area contributed by atoms with Gasteiger partial charge in [0.25, 0.3) is 5.91 Å². The summed E-state index contributed by atoms with van der Waals surface area (Å²) in [7, 11) is 0. The summed E-state index contributed by atoms with van der Waals surface area (Å²) < 4.78 is 0. The first-order valence-electron chi connectivity index (χ1n) is 8.08. The van der Waals surface area contributed by atoms with Crippen LogP contribution in [0.2, 0.25) is 0 Å². The number of anilines is 1. The molecule has 136 valence electrons. The van der Waals surface area contributed by atoms with E-state index in [9.17, 15) is 14.4 Å². The summed E-state index contributed by atoms with van der Waals surface area (Å²) in [5.41, 5.74) is 1.10. The Bertz CT molecular complexity index is 938. The van der Waals surface area contributed by atoms with Crippen LogP contribution in [0.3, 0.4) is 0 Å². The molecule has 6 nitrogen and oxygen atoms in total. The number of nitrogens with one attached hydrogen (secondary N) is 2. The van der Waals surface area contributed by atoms with Gasteiger partial charge in [-0.25, -0.2) is 4.79 Å². The first kappa shape index (κ1) is 18.3. The Labute approximate surface area is 159 Å². The molecule has 1 heterocycles. The molecule has 1 aromatic heterocycles. The van der Waals surface area contributed by atoms with Gasteiger partial charge in [-0.3, -0.25) is 9.59 Å². The number of amides is 1. The van der Waals surface area contributed by atoms with E-state index in [1.165, 1.54) is 23.5 Å². The zero-order valence-electron chi connectivity index (χ0n) is 14.1. The zero-order chi connectivity index (χ0) is 19.2. The minimum Gasteiger partial charge on any atom is -0.478 e. The molecule has 0 aliphatic carbocycles. The van der Waals surface area contributed by atoms with Gasteiger partial charge in [0.15, 0.2) is 6.17 Å². The Hall–Kier alpha value is -3.45. The number of hydrogen-bond donors (Lipinski definition) is 3. The van der Waals surface area contributed by atoms with Crippen molar-refractivity contribution in [2.24, 2.45) is 0 Å². The lowest BCUT2D eigenvalue weighted by molar-refractivity contribution is 0.0696. The molecule has 1 unspecified atom stereocenters. The molecule has 0 saturated heterocycles. The van der Waals surface area contributed by atoms with Gasteiger partial charge in [-0.1, -0.05) is 36.4 Å². The van der Waals surface area contributed by atoms with Gasteiger partial charge in [0.2, 0.25) is 5.78 Å². The van der Waals surface area contributed by atoms with E-state index in [-0.39, 0.29) is 17.3 Å². The fourth-order valence-electron chi connectivity index (χ4n) is 2.42. The Balaban J connectivity index is 1.83. The van der Waals surface area contributed by atoms with Crippen molar-refractivity contribution >= 4 is 34.7 Å².